The van der Waals surface area contributed by atoms with E-state index in [-0.39, 0.29) is 24.8 Å². The first kappa shape index (κ1) is 17.3. The van der Waals surface area contributed by atoms with Crippen LogP contribution in [0.4, 0.5) is 8.78 Å². The van der Waals surface area contributed by atoms with Crippen LogP contribution < -0.4 is 5.32 Å². The molecule has 1 fully saturated rings. The van der Waals surface area contributed by atoms with E-state index in [1.807, 2.05) is 0 Å². The first-order valence-corrected chi connectivity index (χ1v) is 7.62. The summed E-state index contributed by atoms with van der Waals surface area (Å²) in [6, 6.07) is 3.69. The second-order valence-corrected chi connectivity index (χ2v) is 5.57. The maximum Gasteiger partial charge on any atom is 0.163 e. The van der Waals surface area contributed by atoms with Gasteiger partial charge < -0.3 is 19.9 Å². The monoisotopic (exact) mass is 315 g/mol. The first-order chi connectivity index (χ1) is 10.6. The highest BCUT2D eigenvalue weighted by Gasteiger charge is 2.18. The zero-order chi connectivity index (χ0) is 15.9. The Morgan fingerprint density at radius 3 is 2.82 bits per heavy atom. The second kappa shape index (κ2) is 8.53. The zero-order valence-electron chi connectivity index (χ0n) is 12.7. The number of aliphatic hydroxyl groups excluding tert-OH is 1. The lowest BCUT2D eigenvalue weighted by Gasteiger charge is -2.24. The van der Waals surface area contributed by atoms with E-state index in [9.17, 15) is 13.9 Å². The largest absolute Gasteiger partial charge is 0.389 e. The van der Waals surface area contributed by atoms with Crippen molar-refractivity contribution in [2.45, 2.75) is 38.0 Å². The molecule has 6 heteroatoms. The van der Waals surface area contributed by atoms with Crippen LogP contribution >= 0.6 is 0 Å². The molecule has 0 aromatic heterocycles. The smallest absolute Gasteiger partial charge is 0.163 e. The van der Waals surface area contributed by atoms with Crippen LogP contribution in [-0.2, 0) is 9.47 Å². The van der Waals surface area contributed by atoms with Crippen molar-refractivity contribution in [3.05, 3.63) is 35.4 Å². The summed E-state index contributed by atoms with van der Waals surface area (Å²) < 4.78 is 37.7. The molecular formula is C16H23F2NO3. The molecule has 1 heterocycles. The van der Waals surface area contributed by atoms with Gasteiger partial charge in [0, 0.05) is 31.4 Å². The van der Waals surface area contributed by atoms with Gasteiger partial charge in [0.05, 0.1) is 18.8 Å². The molecule has 0 amide bonds. The zero-order valence-corrected chi connectivity index (χ0v) is 12.7. The van der Waals surface area contributed by atoms with Crippen LogP contribution in [0, 0.1) is 11.6 Å². The van der Waals surface area contributed by atoms with E-state index in [4.69, 9.17) is 9.47 Å². The summed E-state index contributed by atoms with van der Waals surface area (Å²) >= 11 is 0. The fourth-order valence-corrected chi connectivity index (χ4v) is 2.43. The lowest BCUT2D eigenvalue weighted by atomic mass is 10.1. The van der Waals surface area contributed by atoms with Gasteiger partial charge in [-0.25, -0.2) is 8.78 Å². The van der Waals surface area contributed by atoms with Crippen LogP contribution in [0.3, 0.4) is 0 Å². The van der Waals surface area contributed by atoms with Crippen molar-refractivity contribution in [3.63, 3.8) is 0 Å². The van der Waals surface area contributed by atoms with Gasteiger partial charge in [0.25, 0.3) is 0 Å². The number of hydrogen-bond acceptors (Lipinski definition) is 4. The van der Waals surface area contributed by atoms with E-state index in [0.717, 1.165) is 18.9 Å². The van der Waals surface area contributed by atoms with Crippen LogP contribution in [0.25, 0.3) is 0 Å². The number of hydrogen-bond donors (Lipinski definition) is 2. The minimum Gasteiger partial charge on any atom is -0.389 e. The highest BCUT2D eigenvalue weighted by atomic mass is 19.2. The van der Waals surface area contributed by atoms with Crippen LogP contribution in [0.2, 0.25) is 0 Å². The Kier molecular flexibility index (Phi) is 6.70. The van der Waals surface area contributed by atoms with Gasteiger partial charge in [-0.05, 0) is 25.8 Å². The van der Waals surface area contributed by atoms with Gasteiger partial charge in [-0.3, -0.25) is 0 Å². The maximum absolute atomic E-state index is 13.7. The van der Waals surface area contributed by atoms with Crippen LogP contribution in [0.1, 0.15) is 31.4 Å². The van der Waals surface area contributed by atoms with Crippen molar-refractivity contribution in [1.82, 2.24) is 5.32 Å². The van der Waals surface area contributed by atoms with Gasteiger partial charge in [0.2, 0.25) is 0 Å². The minimum absolute atomic E-state index is 0.126. The Morgan fingerprint density at radius 1 is 1.36 bits per heavy atom. The number of benzene rings is 1. The summed E-state index contributed by atoms with van der Waals surface area (Å²) in [5.41, 5.74) is 0.248. The number of aliphatic hydroxyl groups is 1. The molecule has 1 aromatic rings. The van der Waals surface area contributed by atoms with Gasteiger partial charge in [-0.1, -0.05) is 12.1 Å². The molecule has 2 atom stereocenters. The molecule has 0 aliphatic carbocycles. The van der Waals surface area contributed by atoms with Crippen LogP contribution in [0.5, 0.6) is 0 Å². The fraction of sp³-hybridized carbons (Fsp3) is 0.625. The molecule has 1 aromatic carbocycles. The molecule has 0 saturated carbocycles. The molecule has 2 N–H and O–H groups in total. The molecule has 124 valence electrons. The average Bonchev–Trinajstić information content (AvgIpc) is 2.54. The van der Waals surface area contributed by atoms with Crippen LogP contribution in [0.15, 0.2) is 18.2 Å². The topological polar surface area (TPSA) is 50.7 Å². The second-order valence-electron chi connectivity index (χ2n) is 5.57. The van der Waals surface area contributed by atoms with E-state index < -0.39 is 23.8 Å². The van der Waals surface area contributed by atoms with E-state index in [1.165, 1.54) is 12.1 Å². The van der Waals surface area contributed by atoms with Crippen molar-refractivity contribution < 1.29 is 23.4 Å². The number of nitrogens with one attached hydrogen (secondary N) is 1. The van der Waals surface area contributed by atoms with Gasteiger partial charge in [0.1, 0.15) is 0 Å². The molecule has 0 radical (unpaired) electrons. The average molecular weight is 315 g/mol. The van der Waals surface area contributed by atoms with Gasteiger partial charge in [0.15, 0.2) is 11.6 Å². The Morgan fingerprint density at radius 2 is 2.09 bits per heavy atom. The summed E-state index contributed by atoms with van der Waals surface area (Å²) in [6.45, 7) is 3.57. The molecule has 0 spiro atoms. The maximum atomic E-state index is 13.7. The van der Waals surface area contributed by atoms with Crippen molar-refractivity contribution in [2.24, 2.45) is 0 Å². The summed E-state index contributed by atoms with van der Waals surface area (Å²) in [7, 11) is 0. The summed E-state index contributed by atoms with van der Waals surface area (Å²) in [5.74, 6) is -1.72. The Bertz CT molecular complexity index is 467. The highest BCUT2D eigenvalue weighted by molar-refractivity contribution is 5.21. The lowest BCUT2D eigenvalue weighted by Crippen LogP contribution is -2.34. The minimum atomic E-state index is -0.866. The van der Waals surface area contributed by atoms with E-state index >= 15 is 0 Å². The summed E-state index contributed by atoms with van der Waals surface area (Å²) in [5, 5.41) is 12.9. The molecule has 4 nitrogen and oxygen atoms in total. The van der Waals surface area contributed by atoms with Crippen molar-refractivity contribution in [1.29, 1.82) is 0 Å². The quantitative estimate of drug-likeness (QED) is 0.810. The molecule has 2 unspecified atom stereocenters. The molecule has 1 aliphatic heterocycles. The fourth-order valence-electron chi connectivity index (χ4n) is 2.43. The van der Waals surface area contributed by atoms with Crippen molar-refractivity contribution >= 4 is 0 Å². The molecule has 22 heavy (non-hydrogen) atoms. The first-order valence-electron chi connectivity index (χ1n) is 7.62. The van der Waals surface area contributed by atoms with Crippen LogP contribution in [-0.4, -0.2) is 43.7 Å². The Hall–Kier alpha value is -1.08. The number of rotatable bonds is 7. The molecular weight excluding hydrogens is 292 g/mol. The van der Waals surface area contributed by atoms with Gasteiger partial charge in [-0.2, -0.15) is 0 Å². The van der Waals surface area contributed by atoms with Crippen molar-refractivity contribution in [2.75, 3.05) is 26.4 Å². The van der Waals surface area contributed by atoms with Gasteiger partial charge >= 0.3 is 0 Å². The molecule has 1 saturated heterocycles. The van der Waals surface area contributed by atoms with Crippen molar-refractivity contribution in [3.8, 4) is 0 Å². The predicted molar refractivity (Wildman–Crippen MR) is 78.6 cm³/mol. The van der Waals surface area contributed by atoms with E-state index in [2.05, 4.69) is 5.32 Å². The highest BCUT2D eigenvalue weighted by Crippen LogP contribution is 2.18. The Labute approximate surface area is 129 Å². The summed E-state index contributed by atoms with van der Waals surface area (Å²) in [4.78, 5) is 0. The van der Waals surface area contributed by atoms with E-state index in [1.54, 1.807) is 6.92 Å². The van der Waals surface area contributed by atoms with Gasteiger partial charge in [-0.15, -0.1) is 0 Å². The molecule has 2 rings (SSSR count). The summed E-state index contributed by atoms with van der Waals surface area (Å²) in [6.07, 6.45) is 1.11. The third-order valence-corrected chi connectivity index (χ3v) is 3.80. The molecule has 0 bridgehead atoms. The molecule has 1 aliphatic rings. The number of ether oxygens (including phenoxy) is 2. The third kappa shape index (κ3) is 4.98. The predicted octanol–water partition coefficient (Wildman–Crippen LogP) is 2.17. The third-order valence-electron chi connectivity index (χ3n) is 3.80. The normalized spacial score (nSPS) is 19.1. The standard InChI is InChI=1S/C16H23F2NO3/c1-11(14-3-2-4-15(17)16(14)18)19-9-12(20)10-22-13-5-7-21-8-6-13/h2-4,11-13,19-20H,5-10H2,1H3. The van der Waals surface area contributed by atoms with E-state index in [0.29, 0.717) is 13.2 Å². The number of halogens is 2. The Balaban J connectivity index is 1.73. The SMILES string of the molecule is CC(NCC(O)COC1CCOCC1)c1cccc(F)c1F. The lowest BCUT2D eigenvalue weighted by molar-refractivity contribution is -0.0588.